The summed E-state index contributed by atoms with van der Waals surface area (Å²) in [6.07, 6.45) is 0.773. The van der Waals surface area contributed by atoms with Crippen LogP contribution < -0.4 is 11.1 Å². The SMILES string of the molecule is CCc1ccsc1C(=O)Nc1cc(Cl)ccc1/C(N)=N/O. The van der Waals surface area contributed by atoms with E-state index in [4.69, 9.17) is 22.5 Å². The predicted molar refractivity (Wildman–Crippen MR) is 85.6 cm³/mol. The fraction of sp³-hybridized carbons (Fsp3) is 0.143. The molecule has 7 heteroatoms. The molecule has 0 aliphatic rings. The highest BCUT2D eigenvalue weighted by molar-refractivity contribution is 7.12. The number of amidine groups is 1. The van der Waals surface area contributed by atoms with Crippen LogP contribution in [0.3, 0.4) is 0 Å². The number of benzene rings is 1. The topological polar surface area (TPSA) is 87.7 Å². The molecule has 0 atom stereocenters. The van der Waals surface area contributed by atoms with Gasteiger partial charge in [0.15, 0.2) is 5.84 Å². The summed E-state index contributed by atoms with van der Waals surface area (Å²) >= 11 is 7.31. The predicted octanol–water partition coefficient (Wildman–Crippen LogP) is 3.31. The molecule has 110 valence electrons. The lowest BCUT2D eigenvalue weighted by atomic mass is 10.1. The van der Waals surface area contributed by atoms with E-state index in [1.54, 1.807) is 18.2 Å². The van der Waals surface area contributed by atoms with Crippen molar-refractivity contribution in [2.75, 3.05) is 5.32 Å². The number of amides is 1. The zero-order valence-corrected chi connectivity index (χ0v) is 12.8. The molecular formula is C14H14ClN3O2S. The Morgan fingerprint density at radius 1 is 1.48 bits per heavy atom. The summed E-state index contributed by atoms with van der Waals surface area (Å²) in [5.74, 6) is -0.333. The Hall–Kier alpha value is -2.05. The van der Waals surface area contributed by atoms with E-state index in [9.17, 15) is 4.79 Å². The zero-order chi connectivity index (χ0) is 15.4. The zero-order valence-electron chi connectivity index (χ0n) is 11.3. The van der Waals surface area contributed by atoms with Crippen LogP contribution in [-0.4, -0.2) is 17.0 Å². The molecule has 0 fully saturated rings. The maximum absolute atomic E-state index is 12.3. The van der Waals surface area contributed by atoms with E-state index in [2.05, 4.69) is 10.5 Å². The molecule has 0 saturated heterocycles. The van der Waals surface area contributed by atoms with Gasteiger partial charge >= 0.3 is 0 Å². The van der Waals surface area contributed by atoms with Crippen LogP contribution in [0.15, 0.2) is 34.8 Å². The standard InChI is InChI=1S/C14H14ClN3O2S/c1-2-8-5-6-21-12(8)14(19)17-11-7-9(15)3-4-10(11)13(16)18-20/h3-7,20H,2H2,1H3,(H2,16,18)(H,17,19). The minimum Gasteiger partial charge on any atom is -0.409 e. The number of rotatable bonds is 4. The quantitative estimate of drug-likeness (QED) is 0.349. The third-order valence-electron chi connectivity index (χ3n) is 2.95. The summed E-state index contributed by atoms with van der Waals surface area (Å²) < 4.78 is 0. The lowest BCUT2D eigenvalue weighted by Crippen LogP contribution is -2.19. The Labute approximate surface area is 131 Å². The minimum absolute atomic E-state index is 0.0936. The molecule has 2 rings (SSSR count). The summed E-state index contributed by atoms with van der Waals surface area (Å²) in [5, 5.41) is 16.8. The summed E-state index contributed by atoms with van der Waals surface area (Å²) in [6.45, 7) is 1.99. The summed E-state index contributed by atoms with van der Waals surface area (Å²) in [5.41, 5.74) is 7.39. The van der Waals surface area contributed by atoms with Crippen molar-refractivity contribution in [3.8, 4) is 0 Å². The molecular weight excluding hydrogens is 310 g/mol. The van der Waals surface area contributed by atoms with Crippen LogP contribution in [0.2, 0.25) is 5.02 Å². The molecule has 0 unspecified atom stereocenters. The summed E-state index contributed by atoms with van der Waals surface area (Å²) in [4.78, 5) is 13.0. The number of anilines is 1. The molecule has 0 spiro atoms. The van der Waals surface area contributed by atoms with Crippen LogP contribution in [0.25, 0.3) is 0 Å². The number of thiophene rings is 1. The van der Waals surface area contributed by atoms with E-state index in [1.807, 2.05) is 18.4 Å². The van der Waals surface area contributed by atoms with Gasteiger partial charge in [-0.15, -0.1) is 11.3 Å². The highest BCUT2D eigenvalue weighted by Crippen LogP contribution is 2.24. The third kappa shape index (κ3) is 3.34. The average molecular weight is 324 g/mol. The van der Waals surface area contributed by atoms with Gasteiger partial charge < -0.3 is 16.3 Å². The van der Waals surface area contributed by atoms with Crippen LogP contribution in [-0.2, 0) is 6.42 Å². The fourth-order valence-corrected chi connectivity index (χ4v) is 2.95. The molecule has 0 radical (unpaired) electrons. The fourth-order valence-electron chi connectivity index (χ4n) is 1.89. The van der Waals surface area contributed by atoms with Crippen molar-refractivity contribution in [1.29, 1.82) is 0 Å². The number of nitrogens with two attached hydrogens (primary N) is 1. The van der Waals surface area contributed by atoms with Gasteiger partial charge in [0, 0.05) is 10.6 Å². The first-order chi connectivity index (χ1) is 10.1. The molecule has 1 aromatic heterocycles. The normalized spacial score (nSPS) is 11.4. The van der Waals surface area contributed by atoms with E-state index in [0.717, 1.165) is 12.0 Å². The average Bonchev–Trinajstić information content (AvgIpc) is 2.95. The molecule has 1 heterocycles. The van der Waals surface area contributed by atoms with E-state index < -0.39 is 0 Å². The molecule has 0 aliphatic heterocycles. The minimum atomic E-state index is -0.240. The van der Waals surface area contributed by atoms with E-state index in [1.165, 1.54) is 11.3 Å². The van der Waals surface area contributed by atoms with Gasteiger partial charge in [0.1, 0.15) is 0 Å². The summed E-state index contributed by atoms with van der Waals surface area (Å²) in [7, 11) is 0. The van der Waals surface area contributed by atoms with Crippen LogP contribution in [0.5, 0.6) is 0 Å². The van der Waals surface area contributed by atoms with Crippen molar-refractivity contribution in [3.05, 3.63) is 50.7 Å². The van der Waals surface area contributed by atoms with E-state index >= 15 is 0 Å². The maximum atomic E-state index is 12.3. The van der Waals surface area contributed by atoms with Gasteiger partial charge in [-0.05, 0) is 41.6 Å². The first kappa shape index (κ1) is 15.3. The second-order valence-electron chi connectivity index (χ2n) is 4.26. The van der Waals surface area contributed by atoms with Gasteiger partial charge in [0.2, 0.25) is 0 Å². The number of aryl methyl sites for hydroxylation is 1. The number of oxime groups is 1. The number of halogens is 1. The molecule has 2 aromatic rings. The largest absolute Gasteiger partial charge is 0.409 e. The van der Waals surface area contributed by atoms with Crippen LogP contribution in [0.1, 0.15) is 27.7 Å². The monoisotopic (exact) mass is 323 g/mol. The van der Waals surface area contributed by atoms with Crippen LogP contribution in [0, 0.1) is 0 Å². The number of hydrogen-bond acceptors (Lipinski definition) is 4. The van der Waals surface area contributed by atoms with Gasteiger partial charge in [-0.25, -0.2) is 0 Å². The maximum Gasteiger partial charge on any atom is 0.266 e. The lowest BCUT2D eigenvalue weighted by Gasteiger charge is -2.10. The van der Waals surface area contributed by atoms with Crippen molar-refractivity contribution in [2.24, 2.45) is 10.9 Å². The van der Waals surface area contributed by atoms with Crippen LogP contribution in [0.4, 0.5) is 5.69 Å². The first-order valence-electron chi connectivity index (χ1n) is 6.22. The Balaban J connectivity index is 2.35. The lowest BCUT2D eigenvalue weighted by molar-refractivity contribution is 0.103. The van der Waals surface area contributed by atoms with Gasteiger partial charge in [-0.3, -0.25) is 4.79 Å². The molecule has 5 nitrogen and oxygen atoms in total. The molecule has 0 bridgehead atoms. The van der Waals surface area contributed by atoms with E-state index in [-0.39, 0.29) is 11.7 Å². The highest BCUT2D eigenvalue weighted by Gasteiger charge is 2.15. The third-order valence-corrected chi connectivity index (χ3v) is 4.14. The first-order valence-corrected chi connectivity index (χ1v) is 7.47. The van der Waals surface area contributed by atoms with Crippen molar-refractivity contribution in [2.45, 2.75) is 13.3 Å². The van der Waals surface area contributed by atoms with Gasteiger partial charge in [-0.1, -0.05) is 23.7 Å². The molecule has 0 saturated carbocycles. The van der Waals surface area contributed by atoms with Crippen molar-refractivity contribution in [3.63, 3.8) is 0 Å². The number of nitrogens with zero attached hydrogens (tertiary/aromatic N) is 1. The number of nitrogens with one attached hydrogen (secondary N) is 1. The second-order valence-corrected chi connectivity index (χ2v) is 5.61. The molecule has 1 amide bonds. The molecule has 4 N–H and O–H groups in total. The van der Waals surface area contributed by atoms with Crippen LogP contribution >= 0.6 is 22.9 Å². The van der Waals surface area contributed by atoms with E-state index in [0.29, 0.717) is 21.2 Å². The number of hydrogen-bond donors (Lipinski definition) is 3. The Morgan fingerprint density at radius 3 is 2.90 bits per heavy atom. The number of carbonyl (C=O) groups is 1. The Kier molecular flexibility index (Phi) is 4.82. The smallest absolute Gasteiger partial charge is 0.266 e. The Morgan fingerprint density at radius 2 is 2.24 bits per heavy atom. The van der Waals surface area contributed by atoms with Gasteiger partial charge in [-0.2, -0.15) is 0 Å². The molecule has 0 aliphatic carbocycles. The van der Waals surface area contributed by atoms with Crippen molar-refractivity contribution < 1.29 is 10.0 Å². The second kappa shape index (κ2) is 6.60. The van der Waals surface area contributed by atoms with Crippen molar-refractivity contribution >= 4 is 40.4 Å². The Bertz CT molecular complexity index is 697. The number of carbonyl (C=O) groups excluding carboxylic acids is 1. The van der Waals surface area contributed by atoms with Crippen molar-refractivity contribution in [1.82, 2.24) is 0 Å². The summed E-state index contributed by atoms with van der Waals surface area (Å²) in [6, 6.07) is 6.67. The molecule has 21 heavy (non-hydrogen) atoms. The van der Waals surface area contributed by atoms with Gasteiger partial charge in [0.05, 0.1) is 10.6 Å². The molecule has 1 aromatic carbocycles. The van der Waals surface area contributed by atoms with Gasteiger partial charge in [0.25, 0.3) is 5.91 Å². The highest BCUT2D eigenvalue weighted by atomic mass is 35.5.